The molecule has 1 aromatic carbocycles. The van der Waals surface area contributed by atoms with Crippen molar-refractivity contribution in [3.63, 3.8) is 0 Å². The van der Waals surface area contributed by atoms with Gasteiger partial charge < -0.3 is 14.6 Å². The van der Waals surface area contributed by atoms with E-state index in [1.165, 1.54) is 18.9 Å². The highest BCUT2D eigenvalue weighted by atomic mass is 35.5. The second kappa shape index (κ2) is 9.38. The molecule has 3 heterocycles. The number of aromatic nitrogens is 4. The van der Waals surface area contributed by atoms with E-state index in [9.17, 15) is 9.59 Å². The van der Waals surface area contributed by atoms with Crippen molar-refractivity contribution in [1.29, 1.82) is 0 Å². The number of hydrogen-bond donors (Lipinski definition) is 1. The lowest BCUT2D eigenvalue weighted by Crippen LogP contribution is -2.22. The quantitative estimate of drug-likeness (QED) is 0.312. The van der Waals surface area contributed by atoms with Gasteiger partial charge >= 0.3 is 5.97 Å². The number of nitrogens with one attached hydrogen (secondary N) is 1. The lowest BCUT2D eigenvalue weighted by Gasteiger charge is -2.19. The minimum atomic E-state index is -0.461. The topological polar surface area (TPSA) is 93.1 Å². The van der Waals surface area contributed by atoms with Crippen molar-refractivity contribution in [3.8, 4) is 5.69 Å². The van der Waals surface area contributed by atoms with Gasteiger partial charge in [-0.3, -0.25) is 9.36 Å². The Morgan fingerprint density at radius 2 is 1.91 bits per heavy atom. The van der Waals surface area contributed by atoms with Crippen molar-refractivity contribution in [3.05, 3.63) is 51.8 Å². The van der Waals surface area contributed by atoms with Crippen LogP contribution in [0.4, 0.5) is 5.95 Å². The number of ether oxygens (including phenoxy) is 1. The third kappa shape index (κ3) is 4.14. The monoisotopic (exact) mass is 473 g/mol. The number of carbonyl (C=O) groups excluding carboxylic acids is 2. The Hall–Kier alpha value is -2.78. The Bertz CT molecular complexity index is 1170. The summed E-state index contributed by atoms with van der Waals surface area (Å²) in [7, 11) is 1.32. The normalized spacial score (nSPS) is 13.6. The summed E-state index contributed by atoms with van der Waals surface area (Å²) in [6.07, 6.45) is 2.20. The van der Waals surface area contributed by atoms with Gasteiger partial charge in [0.05, 0.1) is 34.8 Å². The molecule has 1 fully saturated rings. The summed E-state index contributed by atoms with van der Waals surface area (Å²) in [5.41, 5.74) is 2.77. The molecular weight excluding hydrogens is 450 g/mol. The van der Waals surface area contributed by atoms with Gasteiger partial charge in [-0.2, -0.15) is 0 Å². The molecule has 168 valence electrons. The number of esters is 1. The van der Waals surface area contributed by atoms with Gasteiger partial charge in [0.25, 0.3) is 0 Å². The molecule has 0 radical (unpaired) electrons. The number of methoxy groups -OCH3 is 1. The predicted molar refractivity (Wildman–Crippen MR) is 124 cm³/mol. The smallest absolute Gasteiger partial charge is 0.339 e. The Balaban J connectivity index is 1.62. The molecular formula is C22H24ClN5O3S. The van der Waals surface area contributed by atoms with Crippen molar-refractivity contribution in [1.82, 2.24) is 19.7 Å². The van der Waals surface area contributed by atoms with Crippen LogP contribution in [0.15, 0.2) is 29.4 Å². The molecule has 0 atom stereocenters. The first kappa shape index (κ1) is 22.4. The fourth-order valence-electron chi connectivity index (χ4n) is 3.96. The number of nitrogens with zero attached hydrogens (tertiary/aromatic N) is 4. The van der Waals surface area contributed by atoms with E-state index in [1.807, 2.05) is 28.8 Å². The maximum atomic E-state index is 13.0. The van der Waals surface area contributed by atoms with E-state index in [-0.39, 0.29) is 11.5 Å². The van der Waals surface area contributed by atoms with Crippen LogP contribution in [0.1, 0.15) is 44.9 Å². The van der Waals surface area contributed by atoms with E-state index in [2.05, 4.69) is 20.1 Å². The maximum Gasteiger partial charge on any atom is 0.339 e. The Labute approximate surface area is 195 Å². The minimum absolute atomic E-state index is 0.129. The fourth-order valence-corrected chi connectivity index (χ4v) is 4.99. The van der Waals surface area contributed by atoms with E-state index in [0.29, 0.717) is 32.7 Å². The van der Waals surface area contributed by atoms with Gasteiger partial charge in [0.15, 0.2) is 10.9 Å². The summed E-state index contributed by atoms with van der Waals surface area (Å²) >= 11 is 7.78. The van der Waals surface area contributed by atoms with Gasteiger partial charge in [-0.25, -0.2) is 4.79 Å². The van der Waals surface area contributed by atoms with Crippen molar-refractivity contribution < 1.29 is 14.3 Å². The molecule has 4 rings (SSSR count). The molecule has 8 nitrogen and oxygen atoms in total. The van der Waals surface area contributed by atoms with Crippen LogP contribution < -0.4 is 4.90 Å². The number of ketones is 1. The van der Waals surface area contributed by atoms with E-state index in [0.717, 1.165) is 37.6 Å². The highest BCUT2D eigenvalue weighted by Gasteiger charge is 2.26. The van der Waals surface area contributed by atoms with Crippen molar-refractivity contribution >= 4 is 41.1 Å². The summed E-state index contributed by atoms with van der Waals surface area (Å²) in [4.78, 5) is 30.2. The summed E-state index contributed by atoms with van der Waals surface area (Å²) in [6, 6.07) is 7.52. The molecule has 0 unspecified atom stereocenters. The average molecular weight is 474 g/mol. The number of Topliss-reactive ketones (excluding diaryl/α,β-unsaturated/α-hetero) is 1. The van der Waals surface area contributed by atoms with Crippen LogP contribution >= 0.6 is 23.4 Å². The number of benzene rings is 1. The van der Waals surface area contributed by atoms with Gasteiger partial charge in [0, 0.05) is 18.8 Å². The maximum absolute atomic E-state index is 13.0. The van der Waals surface area contributed by atoms with Gasteiger partial charge in [-0.1, -0.05) is 35.5 Å². The first-order valence-electron chi connectivity index (χ1n) is 10.3. The van der Waals surface area contributed by atoms with Gasteiger partial charge in [0.2, 0.25) is 5.95 Å². The molecule has 1 aliphatic heterocycles. The first-order chi connectivity index (χ1) is 15.4. The number of halogens is 1. The van der Waals surface area contributed by atoms with Gasteiger partial charge in [-0.15, -0.1) is 10.2 Å². The van der Waals surface area contributed by atoms with Crippen molar-refractivity contribution in [2.45, 2.75) is 31.8 Å². The molecule has 1 saturated heterocycles. The average Bonchev–Trinajstić information content (AvgIpc) is 3.51. The zero-order valence-electron chi connectivity index (χ0n) is 18.1. The molecule has 0 spiro atoms. The van der Waals surface area contributed by atoms with Crippen LogP contribution in [0.3, 0.4) is 0 Å². The van der Waals surface area contributed by atoms with Crippen LogP contribution in [-0.4, -0.2) is 57.5 Å². The molecule has 32 heavy (non-hydrogen) atoms. The standard InChI is InChI=1S/C22H24ClN5O3S/c1-13-18(20(30)31-3)14(2)24-19(13)17(29)12-32-22-26-25-21(27-10-6-7-11-27)28(22)16-9-5-4-8-15(16)23/h4-5,8-9,24H,6-7,10-12H2,1-3H3. The summed E-state index contributed by atoms with van der Waals surface area (Å²) in [5.74, 6) is 0.258. The highest BCUT2D eigenvalue weighted by Crippen LogP contribution is 2.32. The predicted octanol–water partition coefficient (Wildman–Crippen LogP) is 4.23. The van der Waals surface area contributed by atoms with Crippen LogP contribution in [0.2, 0.25) is 5.02 Å². The van der Waals surface area contributed by atoms with Crippen LogP contribution in [0, 0.1) is 13.8 Å². The summed E-state index contributed by atoms with van der Waals surface area (Å²) < 4.78 is 6.75. The first-order valence-corrected chi connectivity index (χ1v) is 11.7. The Morgan fingerprint density at radius 3 is 2.59 bits per heavy atom. The number of H-pyrrole nitrogens is 1. The van der Waals surface area contributed by atoms with E-state index in [1.54, 1.807) is 13.8 Å². The minimum Gasteiger partial charge on any atom is -0.465 e. The lowest BCUT2D eigenvalue weighted by atomic mass is 10.1. The second-order valence-electron chi connectivity index (χ2n) is 7.59. The molecule has 10 heteroatoms. The lowest BCUT2D eigenvalue weighted by molar-refractivity contribution is 0.0599. The third-order valence-electron chi connectivity index (χ3n) is 5.54. The molecule has 0 amide bonds. The number of anilines is 1. The molecule has 1 N–H and O–H groups in total. The number of rotatable bonds is 7. The fraction of sp³-hybridized carbons (Fsp3) is 0.364. The number of thioether (sulfide) groups is 1. The largest absolute Gasteiger partial charge is 0.465 e. The molecule has 1 aliphatic rings. The molecule has 2 aromatic heterocycles. The van der Waals surface area contributed by atoms with Crippen LogP contribution in [0.25, 0.3) is 5.69 Å². The Morgan fingerprint density at radius 1 is 1.19 bits per heavy atom. The number of carbonyl (C=O) groups is 2. The van der Waals surface area contributed by atoms with E-state index in [4.69, 9.17) is 16.3 Å². The number of hydrogen-bond acceptors (Lipinski definition) is 7. The number of aryl methyl sites for hydroxylation is 1. The highest BCUT2D eigenvalue weighted by molar-refractivity contribution is 7.99. The third-order valence-corrected chi connectivity index (χ3v) is 6.79. The van der Waals surface area contributed by atoms with Gasteiger partial charge in [-0.05, 0) is 44.4 Å². The zero-order chi connectivity index (χ0) is 22.8. The zero-order valence-corrected chi connectivity index (χ0v) is 19.7. The van der Waals surface area contributed by atoms with E-state index >= 15 is 0 Å². The molecule has 0 bridgehead atoms. The van der Waals surface area contributed by atoms with Crippen LogP contribution in [0.5, 0.6) is 0 Å². The summed E-state index contributed by atoms with van der Waals surface area (Å²) in [5, 5.41) is 9.95. The molecule has 3 aromatic rings. The SMILES string of the molecule is COC(=O)c1c(C)[nH]c(C(=O)CSc2nnc(N3CCCC3)n2-c2ccccc2Cl)c1C. The van der Waals surface area contributed by atoms with Crippen molar-refractivity contribution in [2.75, 3.05) is 30.9 Å². The molecule has 0 aliphatic carbocycles. The summed E-state index contributed by atoms with van der Waals surface area (Å²) in [6.45, 7) is 5.30. The second-order valence-corrected chi connectivity index (χ2v) is 8.94. The van der Waals surface area contributed by atoms with Gasteiger partial charge in [0.1, 0.15) is 0 Å². The van der Waals surface area contributed by atoms with E-state index < -0.39 is 5.97 Å². The Kier molecular flexibility index (Phi) is 6.57. The van der Waals surface area contributed by atoms with Crippen molar-refractivity contribution in [2.24, 2.45) is 0 Å². The number of aromatic amines is 1. The number of para-hydroxylation sites is 1. The van der Waals surface area contributed by atoms with Crippen LogP contribution in [-0.2, 0) is 4.74 Å². The molecule has 0 saturated carbocycles.